The van der Waals surface area contributed by atoms with Crippen LogP contribution in [-0.4, -0.2) is 141 Å². The van der Waals surface area contributed by atoms with E-state index < -0.39 is 0 Å². The zero-order chi connectivity index (χ0) is 48.9. The number of unbranched alkanes of at least 4 members (excludes halogenated alkanes) is 1. The number of pyridine rings is 1. The van der Waals surface area contributed by atoms with Gasteiger partial charge in [0.2, 0.25) is 11.8 Å². The molecule has 7 heterocycles. The van der Waals surface area contributed by atoms with Gasteiger partial charge in [-0.15, -0.1) is 0 Å². The SMILES string of the molecule is CCc1cnn2c(NCc3ccc(OCCCCN4CCN(CC5CCN(c6ncc(C(=O)NC7CCC(Oc8ccc(C#N)c(Cl)c8)CC7)cn6)CC5)CC4)nc3)cc(N3CCCC[C@H]3CCO)nc12. The number of fused-ring (bicyclic) bond motifs is 1. The first-order valence-corrected chi connectivity index (χ1v) is 26.5. The molecule has 0 spiro atoms. The van der Waals surface area contributed by atoms with Gasteiger partial charge in [0.15, 0.2) is 5.65 Å². The van der Waals surface area contributed by atoms with Crippen LogP contribution in [0.4, 0.5) is 17.6 Å². The Hall–Kier alpha value is -5.80. The molecule has 1 atom stereocenters. The predicted octanol–water partition coefficient (Wildman–Crippen LogP) is 7.17. The minimum atomic E-state index is -0.144. The Bertz CT molecular complexity index is 2530. The second kappa shape index (κ2) is 24.6. The van der Waals surface area contributed by atoms with E-state index in [2.05, 4.69) is 75.4 Å². The predicted molar refractivity (Wildman–Crippen MR) is 275 cm³/mol. The molecule has 1 saturated carbocycles. The van der Waals surface area contributed by atoms with Crippen molar-refractivity contribution in [3.63, 3.8) is 0 Å². The summed E-state index contributed by atoms with van der Waals surface area (Å²) in [6, 6.07) is 13.7. The van der Waals surface area contributed by atoms with Crippen molar-refractivity contribution < 1.29 is 19.4 Å². The molecule has 378 valence electrons. The number of hydrogen-bond donors (Lipinski definition) is 3. The lowest BCUT2D eigenvalue weighted by molar-refractivity contribution is 0.0893. The second-order valence-electron chi connectivity index (χ2n) is 19.7. The molecule has 17 nitrogen and oxygen atoms in total. The average molecular weight is 989 g/mol. The number of carbonyl (C=O) groups excluding carboxylic acids is 1. The quantitative estimate of drug-likeness (QED) is 0.0667. The van der Waals surface area contributed by atoms with Crippen LogP contribution in [0.1, 0.15) is 111 Å². The molecular formula is C53H70ClN13O4. The molecule has 0 unspecified atom stereocenters. The van der Waals surface area contributed by atoms with Gasteiger partial charge in [0, 0.05) is 120 Å². The van der Waals surface area contributed by atoms with Crippen molar-refractivity contribution in [2.45, 2.75) is 115 Å². The molecule has 4 fully saturated rings. The third kappa shape index (κ3) is 13.2. The fourth-order valence-corrected chi connectivity index (χ4v) is 10.8. The summed E-state index contributed by atoms with van der Waals surface area (Å²) in [7, 11) is 0. The molecule has 3 aliphatic heterocycles. The van der Waals surface area contributed by atoms with Crippen molar-refractivity contribution in [2.75, 3.05) is 87.2 Å². The van der Waals surface area contributed by atoms with Crippen LogP contribution < -0.4 is 29.9 Å². The van der Waals surface area contributed by atoms with Gasteiger partial charge in [-0.25, -0.2) is 19.9 Å². The number of benzene rings is 1. The number of halogens is 1. The van der Waals surface area contributed by atoms with Crippen LogP contribution in [0.5, 0.6) is 11.6 Å². The molecule has 0 bridgehead atoms. The Kier molecular flexibility index (Phi) is 17.3. The third-order valence-corrected chi connectivity index (χ3v) is 15.2. The number of rotatable bonds is 20. The number of hydrogen-bond acceptors (Lipinski definition) is 15. The summed E-state index contributed by atoms with van der Waals surface area (Å²) in [5.41, 5.74) is 3.96. The van der Waals surface area contributed by atoms with Gasteiger partial charge in [-0.1, -0.05) is 24.6 Å². The highest BCUT2D eigenvalue weighted by molar-refractivity contribution is 6.31. The molecule has 1 amide bonds. The molecule has 71 heavy (non-hydrogen) atoms. The minimum Gasteiger partial charge on any atom is -0.490 e. The van der Waals surface area contributed by atoms with E-state index in [0.29, 0.717) is 58.8 Å². The highest BCUT2D eigenvalue weighted by Crippen LogP contribution is 2.31. The number of aromatic nitrogens is 6. The number of carbonyl (C=O) groups is 1. The van der Waals surface area contributed by atoms with Crippen LogP contribution >= 0.6 is 11.6 Å². The number of piperazine rings is 1. The second-order valence-corrected chi connectivity index (χ2v) is 20.1. The topological polar surface area (TPSA) is 185 Å². The lowest BCUT2D eigenvalue weighted by Gasteiger charge is -2.39. The van der Waals surface area contributed by atoms with Gasteiger partial charge in [0.25, 0.3) is 5.91 Å². The van der Waals surface area contributed by atoms with Crippen LogP contribution in [0.2, 0.25) is 5.02 Å². The van der Waals surface area contributed by atoms with Crippen LogP contribution in [0.3, 0.4) is 0 Å². The summed E-state index contributed by atoms with van der Waals surface area (Å²) < 4.78 is 14.1. The first-order valence-electron chi connectivity index (χ1n) is 26.1. The first-order chi connectivity index (χ1) is 34.8. The van der Waals surface area contributed by atoms with Crippen LogP contribution in [0.15, 0.2) is 61.2 Å². The lowest BCUT2D eigenvalue weighted by atomic mass is 9.92. The Morgan fingerprint density at radius 3 is 2.42 bits per heavy atom. The highest BCUT2D eigenvalue weighted by Gasteiger charge is 2.28. The molecular weight excluding hydrogens is 918 g/mol. The van der Waals surface area contributed by atoms with Crippen LogP contribution in [0, 0.1) is 17.2 Å². The van der Waals surface area contributed by atoms with E-state index in [4.69, 9.17) is 31.3 Å². The number of ether oxygens (including phenoxy) is 2. The van der Waals surface area contributed by atoms with E-state index in [0.717, 1.165) is 164 Å². The third-order valence-electron chi connectivity index (χ3n) is 14.8. The van der Waals surface area contributed by atoms with Crippen molar-refractivity contribution in [3.05, 3.63) is 88.5 Å². The normalized spacial score (nSPS) is 20.5. The number of aliphatic hydroxyl groups is 1. The monoisotopic (exact) mass is 988 g/mol. The van der Waals surface area contributed by atoms with E-state index in [9.17, 15) is 9.90 Å². The van der Waals surface area contributed by atoms with Gasteiger partial charge in [0.05, 0.1) is 35.1 Å². The van der Waals surface area contributed by atoms with Crippen LogP contribution in [0.25, 0.3) is 5.65 Å². The molecule has 0 radical (unpaired) electrons. The van der Waals surface area contributed by atoms with E-state index in [-0.39, 0.29) is 24.7 Å². The molecule has 3 N–H and O–H groups in total. The van der Waals surface area contributed by atoms with E-state index in [1.54, 1.807) is 30.6 Å². The zero-order valence-corrected chi connectivity index (χ0v) is 42.0. The molecule has 5 aromatic rings. The first kappa shape index (κ1) is 50.2. The standard InChI is InChI=1S/C53H70ClN13O4/c1-2-40-36-60-67-48(30-49(62-51(40)67)66-20-4-3-7-44(66)18-27-68)56-32-39-8-15-50(57-33-39)70-28-6-5-19-63-23-25-64(26-24-63)37-38-16-21-65(22-17-38)53-58-34-42(35-59-53)52(69)61-43-10-13-45(14-11-43)71-46-12-9-41(31-55)47(54)29-46/h8-9,12,15,29-30,33-36,38,43-45,56,68H,2-7,10-11,13-14,16-28,32,37H2,1H3,(H,61,69)/t43?,44-,45?/m0/s1. The van der Waals surface area contributed by atoms with Gasteiger partial charge in [0.1, 0.15) is 23.5 Å². The van der Waals surface area contributed by atoms with Gasteiger partial charge in [-0.2, -0.15) is 14.9 Å². The lowest BCUT2D eigenvalue weighted by Crippen LogP contribution is -2.49. The molecule has 1 aliphatic carbocycles. The Balaban J connectivity index is 0.627. The van der Waals surface area contributed by atoms with Crippen molar-refractivity contribution in [1.82, 2.24) is 44.7 Å². The highest BCUT2D eigenvalue weighted by atomic mass is 35.5. The maximum Gasteiger partial charge on any atom is 0.254 e. The number of nitriles is 1. The Morgan fingerprint density at radius 2 is 1.69 bits per heavy atom. The zero-order valence-electron chi connectivity index (χ0n) is 41.2. The number of nitrogens with one attached hydrogen (secondary N) is 2. The van der Waals surface area contributed by atoms with E-state index in [1.807, 2.05) is 23.0 Å². The summed E-state index contributed by atoms with van der Waals surface area (Å²) in [4.78, 5) is 41.8. The number of amides is 1. The smallest absolute Gasteiger partial charge is 0.254 e. The van der Waals surface area contributed by atoms with Crippen molar-refractivity contribution >= 4 is 40.7 Å². The molecule has 9 rings (SSSR count). The number of nitrogens with zero attached hydrogens (tertiary/aromatic N) is 11. The number of aliphatic hydroxyl groups excluding tert-OH is 1. The molecule has 1 aromatic carbocycles. The van der Waals surface area contributed by atoms with Crippen molar-refractivity contribution in [3.8, 4) is 17.7 Å². The van der Waals surface area contributed by atoms with Gasteiger partial charge in [-0.05, 0) is 114 Å². The summed E-state index contributed by atoms with van der Waals surface area (Å²) in [5, 5.41) is 30.7. The Labute approximate surface area is 422 Å². The van der Waals surface area contributed by atoms with E-state index in [1.165, 1.54) is 6.42 Å². The summed E-state index contributed by atoms with van der Waals surface area (Å²) in [6.45, 7) is 13.0. The largest absolute Gasteiger partial charge is 0.490 e. The van der Waals surface area contributed by atoms with Gasteiger partial charge >= 0.3 is 0 Å². The summed E-state index contributed by atoms with van der Waals surface area (Å²) in [5.74, 6) is 4.36. The fourth-order valence-electron chi connectivity index (χ4n) is 10.6. The van der Waals surface area contributed by atoms with Crippen LogP contribution in [-0.2, 0) is 13.0 Å². The maximum atomic E-state index is 13.1. The minimum absolute atomic E-state index is 0.0426. The summed E-state index contributed by atoms with van der Waals surface area (Å²) in [6.07, 6.45) is 19.7. The molecule has 18 heteroatoms. The number of aryl methyl sites for hydroxylation is 1. The number of anilines is 3. The molecule has 4 aromatic heterocycles. The van der Waals surface area contributed by atoms with Crippen molar-refractivity contribution in [2.24, 2.45) is 5.92 Å². The van der Waals surface area contributed by atoms with Gasteiger partial charge < -0.3 is 44.8 Å². The maximum absolute atomic E-state index is 13.1. The number of piperidine rings is 2. The van der Waals surface area contributed by atoms with E-state index >= 15 is 0 Å². The average Bonchev–Trinajstić information content (AvgIpc) is 3.83. The Morgan fingerprint density at radius 1 is 0.887 bits per heavy atom. The summed E-state index contributed by atoms with van der Waals surface area (Å²) >= 11 is 6.17. The molecule has 3 saturated heterocycles. The van der Waals surface area contributed by atoms with Crippen molar-refractivity contribution in [1.29, 1.82) is 5.26 Å². The van der Waals surface area contributed by atoms with Gasteiger partial charge in [-0.3, -0.25) is 4.79 Å². The molecule has 4 aliphatic rings. The fraction of sp³-hybridized carbons (Fsp3) is 0.566.